The van der Waals surface area contributed by atoms with Crippen molar-refractivity contribution in [2.24, 2.45) is 0 Å². The molecule has 0 saturated heterocycles. The smallest absolute Gasteiger partial charge is 0.305 e. The molecule has 6 heteroatoms. The maximum atomic E-state index is 12.6. The normalized spacial score (nSPS) is 12.7. The molecule has 0 bridgehead atoms. The van der Waals surface area contributed by atoms with Gasteiger partial charge >= 0.3 is 5.97 Å². The summed E-state index contributed by atoms with van der Waals surface area (Å²) in [6, 6.07) is -0.627. The highest BCUT2D eigenvalue weighted by molar-refractivity contribution is 5.76. The number of esters is 1. The summed E-state index contributed by atoms with van der Waals surface area (Å²) in [5.74, 6) is -0.0526. The van der Waals surface area contributed by atoms with Crippen molar-refractivity contribution in [2.45, 2.75) is 475 Å². The second-order valence-electron chi connectivity index (χ2n) is 28.8. The Kier molecular flexibility index (Phi) is 79.3. The minimum atomic E-state index is -0.844. The average molecular weight is 1290 g/mol. The zero-order valence-corrected chi connectivity index (χ0v) is 62.3. The number of ether oxygens (including phenoxy) is 1. The highest BCUT2D eigenvalue weighted by Crippen LogP contribution is 2.20. The Labute approximate surface area is 576 Å². The quantitative estimate of drug-likeness (QED) is 0.0320. The van der Waals surface area contributed by atoms with E-state index in [0.717, 1.165) is 51.4 Å². The number of nitrogens with one attached hydrogen (secondary N) is 1. The molecule has 0 saturated carbocycles. The third kappa shape index (κ3) is 76.8. The molecule has 0 spiro atoms. The number of aliphatic hydroxyl groups excluding tert-OH is 2. The van der Waals surface area contributed by atoms with E-state index in [1.807, 2.05) is 6.08 Å². The molecule has 92 heavy (non-hydrogen) atoms. The number of hydrogen-bond donors (Lipinski definition) is 3. The number of amides is 1. The van der Waals surface area contributed by atoms with Gasteiger partial charge in [-0.2, -0.15) is 0 Å². The molecule has 0 fully saturated rings. The van der Waals surface area contributed by atoms with Gasteiger partial charge in [-0.3, -0.25) is 9.59 Å². The lowest BCUT2D eigenvalue weighted by atomic mass is 10.0. The first-order valence-electron chi connectivity index (χ1n) is 41.9. The third-order valence-electron chi connectivity index (χ3n) is 19.5. The van der Waals surface area contributed by atoms with Gasteiger partial charge in [0.1, 0.15) is 0 Å². The predicted octanol–water partition coefficient (Wildman–Crippen LogP) is 27.9. The first kappa shape index (κ1) is 89.8. The second-order valence-corrected chi connectivity index (χ2v) is 28.8. The zero-order chi connectivity index (χ0) is 66.3. The minimum Gasteiger partial charge on any atom is -0.466 e. The van der Waals surface area contributed by atoms with E-state index >= 15 is 0 Å². The van der Waals surface area contributed by atoms with Crippen molar-refractivity contribution in [3.63, 3.8) is 0 Å². The van der Waals surface area contributed by atoms with Crippen molar-refractivity contribution < 1.29 is 24.5 Å². The van der Waals surface area contributed by atoms with Gasteiger partial charge in [0.25, 0.3) is 0 Å². The van der Waals surface area contributed by atoms with Crippen LogP contribution in [0.25, 0.3) is 0 Å². The van der Waals surface area contributed by atoms with Gasteiger partial charge in [-0.25, -0.2) is 0 Å². The van der Waals surface area contributed by atoms with Crippen LogP contribution < -0.4 is 5.32 Å². The first-order valence-corrected chi connectivity index (χ1v) is 41.9. The van der Waals surface area contributed by atoms with Gasteiger partial charge in [-0.1, -0.05) is 416 Å². The van der Waals surface area contributed by atoms with Crippen molar-refractivity contribution >= 4 is 11.9 Å². The molecule has 0 radical (unpaired) electrons. The standard InChI is InChI=1S/C86H163NO5/c1-3-5-7-9-11-13-15-17-18-19-20-21-22-36-39-42-45-48-51-55-58-62-66-70-74-78-84(89)83(82-88)87-85(90)79-75-71-67-63-59-56-52-49-46-43-40-37-34-32-30-28-26-24-23-25-27-29-31-33-35-38-41-44-47-50-53-57-61-65-69-73-77-81-92-86(91)80-76-72-68-64-60-54-16-14-12-10-8-6-4-2/h8,10,14,16,23,25,74,78,83-84,88-89H,3-7,9,11-13,15,17-22,24,26-73,75-77,79-82H2,1-2H3,(H,87,90)/b10-8-,16-14-,25-23-,78-74+. The molecule has 0 aromatic carbocycles. The summed E-state index contributed by atoms with van der Waals surface area (Å²) in [4.78, 5) is 24.6. The summed E-state index contributed by atoms with van der Waals surface area (Å²) in [5, 5.41) is 23.3. The van der Waals surface area contributed by atoms with Crippen molar-refractivity contribution in [2.75, 3.05) is 13.2 Å². The van der Waals surface area contributed by atoms with Gasteiger partial charge in [0.05, 0.1) is 25.4 Å². The maximum absolute atomic E-state index is 12.6. The van der Waals surface area contributed by atoms with Gasteiger partial charge in [0.15, 0.2) is 0 Å². The maximum Gasteiger partial charge on any atom is 0.305 e. The van der Waals surface area contributed by atoms with Crippen LogP contribution >= 0.6 is 0 Å². The molecule has 3 N–H and O–H groups in total. The number of carbonyl (C=O) groups excluding carboxylic acids is 2. The highest BCUT2D eigenvalue weighted by Gasteiger charge is 2.18. The van der Waals surface area contributed by atoms with Crippen LogP contribution in [0.5, 0.6) is 0 Å². The molecule has 0 aliphatic heterocycles. The van der Waals surface area contributed by atoms with Crippen LogP contribution in [0.15, 0.2) is 48.6 Å². The fourth-order valence-corrected chi connectivity index (χ4v) is 13.2. The molecule has 0 rings (SSSR count). The molecule has 0 aromatic heterocycles. The van der Waals surface area contributed by atoms with E-state index in [1.165, 1.54) is 385 Å². The molecule has 6 nitrogen and oxygen atoms in total. The van der Waals surface area contributed by atoms with Crippen LogP contribution in [0.3, 0.4) is 0 Å². The van der Waals surface area contributed by atoms with Crippen molar-refractivity contribution in [3.05, 3.63) is 48.6 Å². The second kappa shape index (κ2) is 81.2. The lowest BCUT2D eigenvalue weighted by Crippen LogP contribution is -2.45. The lowest BCUT2D eigenvalue weighted by Gasteiger charge is -2.20. The van der Waals surface area contributed by atoms with Crippen molar-refractivity contribution in [1.82, 2.24) is 5.32 Å². The Hall–Kier alpha value is -2.18. The highest BCUT2D eigenvalue weighted by atomic mass is 16.5. The van der Waals surface area contributed by atoms with Crippen molar-refractivity contribution in [3.8, 4) is 0 Å². The molecule has 2 unspecified atom stereocenters. The van der Waals surface area contributed by atoms with Gasteiger partial charge in [0.2, 0.25) is 5.91 Å². The molecular formula is C86H163NO5. The van der Waals surface area contributed by atoms with Crippen LogP contribution in [0.4, 0.5) is 0 Å². The Morgan fingerprint density at radius 2 is 0.565 bits per heavy atom. The zero-order valence-electron chi connectivity index (χ0n) is 62.3. The van der Waals surface area contributed by atoms with E-state index < -0.39 is 12.1 Å². The summed E-state index contributed by atoms with van der Waals surface area (Å²) in [5.41, 5.74) is 0. The van der Waals surface area contributed by atoms with E-state index in [0.29, 0.717) is 19.4 Å². The van der Waals surface area contributed by atoms with E-state index in [9.17, 15) is 19.8 Å². The van der Waals surface area contributed by atoms with Gasteiger partial charge in [-0.05, 0) is 83.5 Å². The Balaban J connectivity index is 3.37. The van der Waals surface area contributed by atoms with Crippen LogP contribution in [-0.2, 0) is 14.3 Å². The van der Waals surface area contributed by atoms with Gasteiger partial charge in [-0.15, -0.1) is 0 Å². The third-order valence-corrected chi connectivity index (χ3v) is 19.5. The van der Waals surface area contributed by atoms with Crippen LogP contribution in [0.1, 0.15) is 463 Å². The number of carbonyl (C=O) groups is 2. The van der Waals surface area contributed by atoms with Crippen molar-refractivity contribution in [1.29, 1.82) is 0 Å². The molecule has 0 heterocycles. The molecule has 542 valence electrons. The predicted molar refractivity (Wildman–Crippen MR) is 407 cm³/mol. The number of unbranched alkanes of at least 4 members (excludes halogenated alkanes) is 62. The SMILES string of the molecule is CCC/C=C\C/C=C\CCCCCCCC(=O)OCCCCCCCCCCCCCCCCCC/C=C\CCCCCCCCCCCCCCCCCCCC(=O)NC(CO)C(O)/C=C/CCCCCCCCCCCCCCCCCCCCCCCCC. The fraction of sp³-hybridized carbons (Fsp3) is 0.884. The van der Waals surface area contributed by atoms with Crippen LogP contribution in [0, 0.1) is 0 Å². The number of allylic oxidation sites excluding steroid dienone is 7. The van der Waals surface area contributed by atoms with E-state index in [1.54, 1.807) is 6.08 Å². The Morgan fingerprint density at radius 3 is 0.880 bits per heavy atom. The first-order chi connectivity index (χ1) is 45.5. The summed E-state index contributed by atoms with van der Waals surface area (Å²) < 4.78 is 5.48. The number of hydrogen-bond acceptors (Lipinski definition) is 5. The van der Waals surface area contributed by atoms with E-state index in [2.05, 4.69) is 55.6 Å². The van der Waals surface area contributed by atoms with E-state index in [4.69, 9.17) is 4.74 Å². The van der Waals surface area contributed by atoms with Crippen LogP contribution in [-0.4, -0.2) is 47.4 Å². The molecular weight excluding hydrogens is 1130 g/mol. The molecule has 2 atom stereocenters. The molecule has 0 aliphatic carbocycles. The summed E-state index contributed by atoms with van der Waals surface area (Å²) in [6.45, 7) is 4.88. The van der Waals surface area contributed by atoms with Gasteiger partial charge in [0, 0.05) is 12.8 Å². The average Bonchev–Trinajstić information content (AvgIpc) is 3.55. The number of aliphatic hydroxyl groups is 2. The fourth-order valence-electron chi connectivity index (χ4n) is 13.2. The minimum absolute atomic E-state index is 0.00627. The van der Waals surface area contributed by atoms with E-state index in [-0.39, 0.29) is 18.5 Å². The topological polar surface area (TPSA) is 95.9 Å². The molecule has 0 aliphatic rings. The summed E-state index contributed by atoms with van der Waals surface area (Å²) >= 11 is 0. The molecule has 0 aromatic rings. The Morgan fingerprint density at radius 1 is 0.304 bits per heavy atom. The Bertz CT molecular complexity index is 1540. The number of rotatable bonds is 79. The summed E-state index contributed by atoms with van der Waals surface area (Å²) in [7, 11) is 0. The van der Waals surface area contributed by atoms with Gasteiger partial charge < -0.3 is 20.3 Å². The summed E-state index contributed by atoms with van der Waals surface area (Å²) in [6.07, 6.45) is 108. The molecule has 1 amide bonds. The monoisotopic (exact) mass is 1290 g/mol. The lowest BCUT2D eigenvalue weighted by molar-refractivity contribution is -0.143. The van der Waals surface area contributed by atoms with Crippen LogP contribution in [0.2, 0.25) is 0 Å². The largest absolute Gasteiger partial charge is 0.466 e.